The van der Waals surface area contributed by atoms with Gasteiger partial charge in [-0.15, -0.1) is 0 Å². The van der Waals surface area contributed by atoms with Crippen LogP contribution in [0.3, 0.4) is 0 Å². The Kier molecular flexibility index (Phi) is 4.00. The standard InChI is InChI=1S/C25H26N3O/c1-5-28(20-9-7-6-8-10-20)16-15-27(19(28)4)23-17(2)11-13-21-22-14-12-18(3)26-25(22)29-24(21)23/h6-16,19H,5H2,1-4H3/q+1/t19-,28?/m1/s1. The van der Waals surface area contributed by atoms with E-state index in [1.807, 2.05) is 13.0 Å². The van der Waals surface area contributed by atoms with Crippen LogP contribution in [0.4, 0.5) is 11.4 Å². The Morgan fingerprint density at radius 2 is 1.76 bits per heavy atom. The third kappa shape index (κ3) is 2.52. The first-order chi connectivity index (χ1) is 14.0. The lowest BCUT2D eigenvalue weighted by molar-refractivity contribution is 0.329. The Labute approximate surface area is 171 Å². The first-order valence-corrected chi connectivity index (χ1v) is 10.3. The summed E-state index contributed by atoms with van der Waals surface area (Å²) < 4.78 is 7.11. The zero-order chi connectivity index (χ0) is 20.2. The fourth-order valence-electron chi connectivity index (χ4n) is 4.70. The second-order valence-corrected chi connectivity index (χ2v) is 7.93. The Hall–Kier alpha value is -3.11. The van der Waals surface area contributed by atoms with E-state index in [0.717, 1.165) is 38.8 Å². The van der Waals surface area contributed by atoms with Crippen molar-refractivity contribution in [3.05, 3.63) is 78.3 Å². The summed E-state index contributed by atoms with van der Waals surface area (Å²) in [5.41, 5.74) is 6.23. The third-order valence-corrected chi connectivity index (χ3v) is 6.40. The van der Waals surface area contributed by atoms with Gasteiger partial charge >= 0.3 is 0 Å². The molecule has 0 saturated heterocycles. The van der Waals surface area contributed by atoms with Crippen LogP contribution in [0.5, 0.6) is 0 Å². The third-order valence-electron chi connectivity index (χ3n) is 6.40. The molecular formula is C25H26N3O+. The van der Waals surface area contributed by atoms with Gasteiger partial charge in [-0.05, 0) is 50.6 Å². The van der Waals surface area contributed by atoms with Crippen molar-refractivity contribution in [2.75, 3.05) is 11.4 Å². The quantitative estimate of drug-likeness (QED) is 0.390. The fourth-order valence-corrected chi connectivity index (χ4v) is 4.70. The van der Waals surface area contributed by atoms with Gasteiger partial charge < -0.3 is 4.42 Å². The van der Waals surface area contributed by atoms with Gasteiger partial charge in [0.25, 0.3) is 0 Å². The zero-order valence-corrected chi connectivity index (χ0v) is 17.4. The minimum atomic E-state index is 0.217. The van der Waals surface area contributed by atoms with Crippen LogP contribution in [0.15, 0.2) is 71.4 Å². The monoisotopic (exact) mass is 384 g/mol. The number of hydrogen-bond donors (Lipinski definition) is 0. The van der Waals surface area contributed by atoms with Crippen LogP contribution in [0.25, 0.3) is 22.1 Å². The van der Waals surface area contributed by atoms with Crippen LogP contribution in [0.1, 0.15) is 25.1 Å². The highest BCUT2D eigenvalue weighted by molar-refractivity contribution is 6.08. The summed E-state index contributed by atoms with van der Waals surface area (Å²) in [6, 6.07) is 19.2. The fraction of sp³-hybridized carbons (Fsp3) is 0.240. The highest BCUT2D eigenvalue weighted by Crippen LogP contribution is 2.42. The number of rotatable bonds is 3. The maximum atomic E-state index is 6.32. The summed E-state index contributed by atoms with van der Waals surface area (Å²) in [6.07, 6.45) is 4.74. The Bertz CT molecular complexity index is 1240. The highest BCUT2D eigenvalue weighted by atomic mass is 16.3. The summed E-state index contributed by atoms with van der Waals surface area (Å²) in [7, 11) is 0. The number of pyridine rings is 1. The number of anilines is 1. The van der Waals surface area contributed by atoms with Crippen molar-refractivity contribution >= 4 is 33.4 Å². The topological polar surface area (TPSA) is 29.3 Å². The molecule has 1 unspecified atom stereocenters. The molecule has 2 atom stereocenters. The Morgan fingerprint density at radius 1 is 1.00 bits per heavy atom. The van der Waals surface area contributed by atoms with Crippen LogP contribution in [0.2, 0.25) is 0 Å². The Morgan fingerprint density at radius 3 is 2.52 bits per heavy atom. The second-order valence-electron chi connectivity index (χ2n) is 7.93. The van der Waals surface area contributed by atoms with Crippen LogP contribution in [-0.2, 0) is 0 Å². The molecule has 2 aromatic heterocycles. The average Bonchev–Trinajstić information content (AvgIpc) is 3.26. The van der Waals surface area contributed by atoms with Gasteiger partial charge in [0.1, 0.15) is 11.9 Å². The number of nitrogens with zero attached hydrogens (tertiary/aromatic N) is 3. The predicted octanol–water partition coefficient (Wildman–Crippen LogP) is 6.26. The van der Waals surface area contributed by atoms with Gasteiger partial charge in [-0.1, -0.05) is 30.3 Å². The SMILES string of the molecule is CC[N+]1(c2ccccc2)C=CN(c2c(C)ccc3c2oc2nc(C)ccc23)[C@H]1C. The van der Waals surface area contributed by atoms with E-state index in [9.17, 15) is 0 Å². The van der Waals surface area contributed by atoms with E-state index in [1.54, 1.807) is 0 Å². The molecule has 4 heteroatoms. The molecule has 0 aliphatic carbocycles. The summed E-state index contributed by atoms with van der Waals surface area (Å²) in [4.78, 5) is 6.98. The van der Waals surface area contributed by atoms with Crippen molar-refractivity contribution in [2.45, 2.75) is 33.9 Å². The van der Waals surface area contributed by atoms with Gasteiger partial charge in [-0.3, -0.25) is 4.90 Å². The van der Waals surface area contributed by atoms with Crippen LogP contribution in [-0.4, -0.2) is 17.7 Å². The molecule has 4 aromatic rings. The number of hydrogen-bond acceptors (Lipinski definition) is 3. The van der Waals surface area contributed by atoms with E-state index in [4.69, 9.17) is 4.42 Å². The molecule has 29 heavy (non-hydrogen) atoms. The van der Waals surface area contributed by atoms with Gasteiger partial charge in [0.15, 0.2) is 11.7 Å². The lowest BCUT2D eigenvalue weighted by atomic mass is 10.1. The van der Waals surface area contributed by atoms with Crippen molar-refractivity contribution < 1.29 is 4.42 Å². The van der Waals surface area contributed by atoms with Gasteiger partial charge in [0.2, 0.25) is 5.71 Å². The first-order valence-electron chi connectivity index (χ1n) is 10.3. The van der Waals surface area contributed by atoms with Crippen molar-refractivity contribution in [3.8, 4) is 0 Å². The van der Waals surface area contributed by atoms with Gasteiger partial charge in [0, 0.05) is 23.4 Å². The van der Waals surface area contributed by atoms with E-state index in [0.29, 0.717) is 5.71 Å². The van der Waals surface area contributed by atoms with Gasteiger partial charge in [-0.2, -0.15) is 0 Å². The Balaban J connectivity index is 1.69. The van der Waals surface area contributed by atoms with Crippen molar-refractivity contribution in [3.63, 3.8) is 0 Å². The number of para-hydroxylation sites is 1. The number of aryl methyl sites for hydroxylation is 2. The van der Waals surface area contributed by atoms with Crippen LogP contribution in [0, 0.1) is 13.8 Å². The first kappa shape index (κ1) is 18.0. The highest BCUT2D eigenvalue weighted by Gasteiger charge is 2.42. The maximum absolute atomic E-state index is 6.32. The van der Waals surface area contributed by atoms with Gasteiger partial charge in [-0.25, -0.2) is 9.47 Å². The lowest BCUT2D eigenvalue weighted by Crippen LogP contribution is -2.53. The molecule has 0 spiro atoms. The smallest absolute Gasteiger partial charge is 0.227 e. The van der Waals surface area contributed by atoms with Crippen molar-refractivity contribution in [2.24, 2.45) is 0 Å². The number of aromatic nitrogens is 1. The minimum Gasteiger partial charge on any atom is -0.435 e. The molecule has 0 bridgehead atoms. The normalized spacial score (nSPS) is 21.5. The van der Waals surface area contributed by atoms with E-state index < -0.39 is 0 Å². The molecule has 2 aromatic carbocycles. The zero-order valence-electron chi connectivity index (χ0n) is 17.4. The summed E-state index contributed by atoms with van der Waals surface area (Å²) in [6.45, 7) is 9.67. The molecule has 0 radical (unpaired) electrons. The van der Waals surface area contributed by atoms with E-state index in [2.05, 4.69) is 91.6 Å². The second kappa shape index (κ2) is 6.46. The van der Waals surface area contributed by atoms with E-state index >= 15 is 0 Å². The molecule has 5 rings (SSSR count). The average molecular weight is 385 g/mol. The molecule has 0 saturated carbocycles. The molecule has 146 valence electrons. The largest absolute Gasteiger partial charge is 0.435 e. The minimum absolute atomic E-state index is 0.217. The maximum Gasteiger partial charge on any atom is 0.227 e. The van der Waals surface area contributed by atoms with Gasteiger partial charge in [0.05, 0.1) is 18.4 Å². The summed E-state index contributed by atoms with van der Waals surface area (Å²) >= 11 is 0. The molecule has 0 N–H and O–H groups in total. The van der Waals surface area contributed by atoms with Crippen LogP contribution < -0.4 is 9.38 Å². The van der Waals surface area contributed by atoms with Crippen molar-refractivity contribution in [1.29, 1.82) is 0 Å². The molecular weight excluding hydrogens is 358 g/mol. The number of quaternary nitrogens is 1. The summed E-state index contributed by atoms with van der Waals surface area (Å²) in [5, 5.41) is 2.19. The number of fused-ring (bicyclic) bond motifs is 3. The number of furan rings is 1. The molecule has 0 fully saturated rings. The van der Waals surface area contributed by atoms with Crippen molar-refractivity contribution in [1.82, 2.24) is 9.47 Å². The van der Waals surface area contributed by atoms with E-state index in [-0.39, 0.29) is 6.17 Å². The summed E-state index contributed by atoms with van der Waals surface area (Å²) in [5.74, 6) is 0. The molecule has 3 heterocycles. The lowest BCUT2D eigenvalue weighted by Gasteiger charge is -2.38. The predicted molar refractivity (Wildman–Crippen MR) is 121 cm³/mol. The molecule has 4 nitrogen and oxygen atoms in total. The molecule has 1 aliphatic rings. The van der Waals surface area contributed by atoms with E-state index in [1.165, 1.54) is 11.3 Å². The number of benzene rings is 2. The molecule has 1 aliphatic heterocycles. The van der Waals surface area contributed by atoms with Crippen LogP contribution >= 0.6 is 0 Å². The molecule has 0 amide bonds.